The summed E-state index contributed by atoms with van der Waals surface area (Å²) in [5, 5.41) is 3.72. The van der Waals surface area contributed by atoms with Crippen LogP contribution < -0.4 is 5.32 Å². The molecule has 1 saturated heterocycles. The van der Waals surface area contributed by atoms with Gasteiger partial charge in [0.1, 0.15) is 0 Å². The molecule has 5 heteroatoms. The van der Waals surface area contributed by atoms with Gasteiger partial charge in [-0.05, 0) is 30.5 Å². The van der Waals surface area contributed by atoms with E-state index < -0.39 is 0 Å². The van der Waals surface area contributed by atoms with Crippen LogP contribution in [-0.2, 0) is 6.54 Å². The Labute approximate surface area is 137 Å². The van der Waals surface area contributed by atoms with Gasteiger partial charge in [0.05, 0.1) is 0 Å². The molecule has 1 heterocycles. The zero-order chi connectivity index (χ0) is 15.4. The Hall–Kier alpha value is -1.26. The average molecular weight is 322 g/mol. The summed E-state index contributed by atoms with van der Waals surface area (Å²) in [7, 11) is 0. The van der Waals surface area contributed by atoms with Gasteiger partial charge in [-0.3, -0.25) is 4.90 Å². The van der Waals surface area contributed by atoms with Crippen molar-refractivity contribution in [2.75, 3.05) is 26.2 Å². The summed E-state index contributed by atoms with van der Waals surface area (Å²) in [6.07, 6.45) is 5.41. The lowest BCUT2D eigenvalue weighted by Crippen LogP contribution is -2.53. The Morgan fingerprint density at radius 2 is 1.73 bits per heavy atom. The number of urea groups is 1. The molecule has 4 nitrogen and oxygen atoms in total. The van der Waals surface area contributed by atoms with Crippen molar-refractivity contribution in [2.45, 2.75) is 38.3 Å². The molecular weight excluding hydrogens is 298 g/mol. The van der Waals surface area contributed by atoms with Crippen LogP contribution in [0.15, 0.2) is 24.3 Å². The molecule has 120 valence electrons. The summed E-state index contributed by atoms with van der Waals surface area (Å²) < 4.78 is 0. The number of carbonyl (C=O) groups excluding carboxylic acids is 1. The fourth-order valence-corrected chi connectivity index (χ4v) is 3.58. The predicted molar refractivity (Wildman–Crippen MR) is 89.1 cm³/mol. The van der Waals surface area contributed by atoms with Gasteiger partial charge < -0.3 is 10.2 Å². The van der Waals surface area contributed by atoms with Gasteiger partial charge >= 0.3 is 6.03 Å². The number of benzene rings is 1. The van der Waals surface area contributed by atoms with Crippen molar-refractivity contribution in [2.24, 2.45) is 0 Å². The highest BCUT2D eigenvalue weighted by molar-refractivity contribution is 6.30. The zero-order valence-corrected chi connectivity index (χ0v) is 13.7. The summed E-state index contributed by atoms with van der Waals surface area (Å²) >= 11 is 5.86. The molecular formula is C17H24ClN3O. The summed E-state index contributed by atoms with van der Waals surface area (Å²) in [6, 6.07) is 8.40. The predicted octanol–water partition coefficient (Wildman–Crippen LogP) is 3.11. The second-order valence-corrected chi connectivity index (χ2v) is 6.68. The summed E-state index contributed by atoms with van der Waals surface area (Å²) in [6.45, 7) is 4.25. The van der Waals surface area contributed by atoms with Gasteiger partial charge in [-0.1, -0.05) is 36.6 Å². The second kappa shape index (κ2) is 7.34. The highest BCUT2D eigenvalue weighted by Gasteiger charge is 2.27. The minimum absolute atomic E-state index is 0.0426. The van der Waals surface area contributed by atoms with Crippen molar-refractivity contribution in [1.82, 2.24) is 15.1 Å². The Bertz CT molecular complexity index is 491. The van der Waals surface area contributed by atoms with E-state index >= 15 is 0 Å². The minimum Gasteiger partial charge on any atom is -0.334 e. The molecule has 1 N–H and O–H groups in total. The standard InChI is InChI=1S/C17H24ClN3O/c18-15-7-5-14(6-8-15)13-19-17(22)21-11-9-20(10-12-21)16-3-1-2-4-16/h5-8,16H,1-4,9-13H2,(H,19,22). The fraction of sp³-hybridized carbons (Fsp3) is 0.588. The highest BCUT2D eigenvalue weighted by atomic mass is 35.5. The van der Waals surface area contributed by atoms with Gasteiger partial charge in [0.15, 0.2) is 0 Å². The summed E-state index contributed by atoms with van der Waals surface area (Å²) in [4.78, 5) is 16.7. The topological polar surface area (TPSA) is 35.6 Å². The number of halogens is 1. The fourth-order valence-electron chi connectivity index (χ4n) is 3.45. The van der Waals surface area contributed by atoms with Crippen LogP contribution in [-0.4, -0.2) is 48.1 Å². The van der Waals surface area contributed by atoms with Crippen LogP contribution in [0.25, 0.3) is 0 Å². The van der Waals surface area contributed by atoms with E-state index in [4.69, 9.17) is 11.6 Å². The van der Waals surface area contributed by atoms with Crippen molar-refractivity contribution in [3.8, 4) is 0 Å². The Morgan fingerprint density at radius 3 is 2.36 bits per heavy atom. The number of carbonyl (C=O) groups is 1. The van der Waals surface area contributed by atoms with E-state index in [1.807, 2.05) is 29.2 Å². The number of amides is 2. The third-order valence-electron chi connectivity index (χ3n) is 4.80. The van der Waals surface area contributed by atoms with E-state index in [0.29, 0.717) is 6.54 Å². The lowest BCUT2D eigenvalue weighted by molar-refractivity contribution is 0.109. The largest absolute Gasteiger partial charge is 0.334 e. The molecule has 0 atom stereocenters. The summed E-state index contributed by atoms with van der Waals surface area (Å²) in [5.41, 5.74) is 1.07. The maximum Gasteiger partial charge on any atom is 0.317 e. The van der Waals surface area contributed by atoms with E-state index in [9.17, 15) is 4.79 Å². The molecule has 1 aliphatic carbocycles. The average Bonchev–Trinajstić information content (AvgIpc) is 3.09. The molecule has 1 saturated carbocycles. The molecule has 22 heavy (non-hydrogen) atoms. The molecule has 1 aromatic carbocycles. The number of nitrogens with zero attached hydrogens (tertiary/aromatic N) is 2. The first-order valence-electron chi connectivity index (χ1n) is 8.23. The third-order valence-corrected chi connectivity index (χ3v) is 5.05. The maximum absolute atomic E-state index is 12.2. The van der Waals surface area contributed by atoms with Crippen LogP contribution >= 0.6 is 11.6 Å². The van der Waals surface area contributed by atoms with Crippen molar-refractivity contribution < 1.29 is 4.79 Å². The van der Waals surface area contributed by atoms with E-state index in [1.165, 1.54) is 25.7 Å². The normalized spacial score (nSPS) is 20.3. The molecule has 1 aromatic rings. The van der Waals surface area contributed by atoms with E-state index in [-0.39, 0.29) is 6.03 Å². The molecule has 2 fully saturated rings. The molecule has 0 bridgehead atoms. The Balaban J connectivity index is 1.42. The lowest BCUT2D eigenvalue weighted by Gasteiger charge is -2.38. The van der Waals surface area contributed by atoms with Crippen LogP contribution in [0.2, 0.25) is 5.02 Å². The van der Waals surface area contributed by atoms with E-state index in [0.717, 1.165) is 42.8 Å². The van der Waals surface area contributed by atoms with Crippen molar-refractivity contribution >= 4 is 17.6 Å². The zero-order valence-electron chi connectivity index (χ0n) is 12.9. The maximum atomic E-state index is 12.2. The number of nitrogens with one attached hydrogen (secondary N) is 1. The number of piperazine rings is 1. The number of rotatable bonds is 3. The second-order valence-electron chi connectivity index (χ2n) is 6.25. The van der Waals surface area contributed by atoms with Crippen LogP contribution in [0.5, 0.6) is 0 Å². The first kappa shape index (κ1) is 15.6. The van der Waals surface area contributed by atoms with E-state index in [2.05, 4.69) is 10.2 Å². The molecule has 2 amide bonds. The molecule has 1 aliphatic heterocycles. The summed E-state index contributed by atoms with van der Waals surface area (Å²) in [5.74, 6) is 0. The first-order chi connectivity index (χ1) is 10.7. The molecule has 0 unspecified atom stereocenters. The smallest absolute Gasteiger partial charge is 0.317 e. The molecule has 0 radical (unpaired) electrons. The van der Waals surface area contributed by atoms with Crippen LogP contribution in [0.1, 0.15) is 31.2 Å². The highest BCUT2D eigenvalue weighted by Crippen LogP contribution is 2.24. The lowest BCUT2D eigenvalue weighted by atomic mass is 10.2. The van der Waals surface area contributed by atoms with Gasteiger partial charge in [0.2, 0.25) is 0 Å². The van der Waals surface area contributed by atoms with Crippen molar-refractivity contribution in [3.05, 3.63) is 34.9 Å². The number of hydrogen-bond acceptors (Lipinski definition) is 2. The van der Waals surface area contributed by atoms with Crippen molar-refractivity contribution in [1.29, 1.82) is 0 Å². The first-order valence-corrected chi connectivity index (χ1v) is 8.61. The van der Waals surface area contributed by atoms with Crippen LogP contribution in [0.4, 0.5) is 4.79 Å². The van der Waals surface area contributed by atoms with Gasteiger partial charge in [-0.25, -0.2) is 4.79 Å². The third kappa shape index (κ3) is 3.93. The SMILES string of the molecule is O=C(NCc1ccc(Cl)cc1)N1CCN(C2CCCC2)CC1. The minimum atomic E-state index is 0.0426. The van der Waals surface area contributed by atoms with Gasteiger partial charge in [-0.15, -0.1) is 0 Å². The van der Waals surface area contributed by atoms with Gasteiger partial charge in [-0.2, -0.15) is 0 Å². The van der Waals surface area contributed by atoms with Gasteiger partial charge in [0.25, 0.3) is 0 Å². The molecule has 0 aromatic heterocycles. The molecule has 0 spiro atoms. The monoisotopic (exact) mass is 321 g/mol. The van der Waals surface area contributed by atoms with E-state index in [1.54, 1.807) is 0 Å². The van der Waals surface area contributed by atoms with Crippen molar-refractivity contribution in [3.63, 3.8) is 0 Å². The van der Waals surface area contributed by atoms with Crippen LogP contribution in [0.3, 0.4) is 0 Å². The van der Waals surface area contributed by atoms with Crippen LogP contribution in [0, 0.1) is 0 Å². The molecule has 3 rings (SSSR count). The Kier molecular flexibility index (Phi) is 5.21. The van der Waals surface area contributed by atoms with Gasteiger partial charge in [0, 0.05) is 43.8 Å². The number of hydrogen-bond donors (Lipinski definition) is 1. The molecule has 2 aliphatic rings. The Morgan fingerprint density at radius 1 is 1.09 bits per heavy atom. The quantitative estimate of drug-likeness (QED) is 0.928.